The zero-order chi connectivity index (χ0) is 12.6. The Kier molecular flexibility index (Phi) is 3.38. The number of carboxylic acid groups (broad SMARTS) is 1. The third kappa shape index (κ3) is 2.44. The summed E-state index contributed by atoms with van der Waals surface area (Å²) in [5, 5.41) is 20.6. The summed E-state index contributed by atoms with van der Waals surface area (Å²) < 4.78 is 0. The van der Waals surface area contributed by atoms with E-state index in [9.17, 15) is 14.7 Å². The maximum atomic E-state index is 11.9. The summed E-state index contributed by atoms with van der Waals surface area (Å²) in [6, 6.07) is -1.19. The lowest BCUT2D eigenvalue weighted by molar-refractivity contribution is -0.145. The number of aliphatic carboxylic acids is 1. The first-order valence-corrected chi connectivity index (χ1v) is 6.23. The molecule has 96 valence electrons. The van der Waals surface area contributed by atoms with Crippen molar-refractivity contribution in [2.75, 3.05) is 0 Å². The van der Waals surface area contributed by atoms with Crippen LogP contribution in [-0.4, -0.2) is 34.2 Å². The summed E-state index contributed by atoms with van der Waals surface area (Å²) in [7, 11) is 0. The first-order valence-electron chi connectivity index (χ1n) is 6.23. The molecule has 0 aromatic carbocycles. The number of rotatable bonds is 4. The molecule has 0 heterocycles. The lowest BCUT2D eigenvalue weighted by Crippen LogP contribution is -2.48. The van der Waals surface area contributed by atoms with Gasteiger partial charge in [0.05, 0.1) is 6.10 Å². The van der Waals surface area contributed by atoms with Gasteiger partial charge in [-0.2, -0.15) is 0 Å². The van der Waals surface area contributed by atoms with Crippen molar-refractivity contribution in [3.8, 4) is 0 Å². The number of amides is 1. The van der Waals surface area contributed by atoms with Crippen molar-refractivity contribution in [3.05, 3.63) is 0 Å². The monoisotopic (exact) mass is 241 g/mol. The normalized spacial score (nSPS) is 34.4. The lowest BCUT2D eigenvalue weighted by atomic mass is 10.0. The largest absolute Gasteiger partial charge is 0.480 e. The van der Waals surface area contributed by atoms with Crippen LogP contribution in [-0.2, 0) is 9.59 Å². The molecule has 17 heavy (non-hydrogen) atoms. The second kappa shape index (κ2) is 4.64. The van der Waals surface area contributed by atoms with E-state index >= 15 is 0 Å². The predicted octanol–water partition coefficient (Wildman–Crippen LogP) is 0.373. The first kappa shape index (κ1) is 12.4. The van der Waals surface area contributed by atoms with Crippen molar-refractivity contribution in [1.82, 2.24) is 5.32 Å². The van der Waals surface area contributed by atoms with Gasteiger partial charge in [0.1, 0.15) is 0 Å². The van der Waals surface area contributed by atoms with E-state index in [0.717, 1.165) is 12.8 Å². The number of carbonyl (C=O) groups excluding carboxylic acids is 1. The summed E-state index contributed by atoms with van der Waals surface area (Å²) in [5.41, 5.74) is 0. The van der Waals surface area contributed by atoms with Crippen LogP contribution in [0.15, 0.2) is 0 Å². The fourth-order valence-electron chi connectivity index (χ4n) is 3.02. The molecule has 2 saturated carbocycles. The van der Waals surface area contributed by atoms with E-state index in [0.29, 0.717) is 11.8 Å². The van der Waals surface area contributed by atoms with Crippen LogP contribution in [0, 0.1) is 17.8 Å². The van der Waals surface area contributed by atoms with Gasteiger partial charge < -0.3 is 15.5 Å². The van der Waals surface area contributed by atoms with Crippen LogP contribution < -0.4 is 5.32 Å². The van der Waals surface area contributed by atoms with Gasteiger partial charge in [-0.1, -0.05) is 12.8 Å². The Balaban J connectivity index is 1.91. The van der Waals surface area contributed by atoms with E-state index in [1.807, 2.05) is 0 Å². The number of nitrogens with one attached hydrogen (secondary N) is 1. The summed E-state index contributed by atoms with van der Waals surface area (Å²) in [5.74, 6) is -0.496. The van der Waals surface area contributed by atoms with Gasteiger partial charge >= 0.3 is 5.97 Å². The fourth-order valence-corrected chi connectivity index (χ4v) is 3.02. The Hall–Kier alpha value is -1.10. The van der Waals surface area contributed by atoms with Gasteiger partial charge in [-0.05, 0) is 31.6 Å². The molecular weight excluding hydrogens is 222 g/mol. The SMILES string of the molecule is CC(O)C(NC(=O)C1C2CCCCC21)C(=O)O. The second-order valence-corrected chi connectivity index (χ2v) is 5.20. The predicted molar refractivity (Wildman–Crippen MR) is 60.2 cm³/mol. The molecule has 0 spiro atoms. The zero-order valence-corrected chi connectivity index (χ0v) is 9.93. The highest BCUT2D eigenvalue weighted by Crippen LogP contribution is 2.55. The van der Waals surface area contributed by atoms with Gasteiger partial charge in [0, 0.05) is 5.92 Å². The number of aliphatic hydroxyl groups is 1. The second-order valence-electron chi connectivity index (χ2n) is 5.20. The number of hydrogen-bond donors (Lipinski definition) is 3. The molecule has 0 saturated heterocycles. The minimum absolute atomic E-state index is 0.0156. The van der Waals surface area contributed by atoms with Gasteiger partial charge in [0.15, 0.2) is 6.04 Å². The van der Waals surface area contributed by atoms with E-state index in [2.05, 4.69) is 5.32 Å². The van der Waals surface area contributed by atoms with E-state index in [1.165, 1.54) is 19.8 Å². The lowest BCUT2D eigenvalue weighted by Gasteiger charge is -2.17. The van der Waals surface area contributed by atoms with Crippen molar-refractivity contribution in [3.63, 3.8) is 0 Å². The molecule has 0 bridgehead atoms. The van der Waals surface area contributed by atoms with Gasteiger partial charge in [0.25, 0.3) is 0 Å². The van der Waals surface area contributed by atoms with E-state index in [4.69, 9.17) is 5.11 Å². The van der Waals surface area contributed by atoms with Crippen molar-refractivity contribution in [1.29, 1.82) is 0 Å². The summed E-state index contributed by atoms with van der Waals surface area (Å²) in [6.45, 7) is 1.37. The van der Waals surface area contributed by atoms with E-state index < -0.39 is 18.1 Å². The van der Waals surface area contributed by atoms with Crippen molar-refractivity contribution >= 4 is 11.9 Å². The Labute approximate surface area is 100 Å². The highest BCUT2D eigenvalue weighted by molar-refractivity contribution is 5.87. The van der Waals surface area contributed by atoms with Gasteiger partial charge in [-0.15, -0.1) is 0 Å². The molecular formula is C12H19NO4. The quantitative estimate of drug-likeness (QED) is 0.664. The van der Waals surface area contributed by atoms with Gasteiger partial charge in [0.2, 0.25) is 5.91 Å². The summed E-state index contributed by atoms with van der Waals surface area (Å²) >= 11 is 0. The molecule has 4 atom stereocenters. The van der Waals surface area contributed by atoms with Crippen LogP contribution in [0.5, 0.6) is 0 Å². The minimum atomic E-state index is -1.19. The number of fused-ring (bicyclic) bond motifs is 1. The Bertz CT molecular complexity index is 316. The Morgan fingerprint density at radius 3 is 2.18 bits per heavy atom. The fraction of sp³-hybridized carbons (Fsp3) is 0.833. The van der Waals surface area contributed by atoms with Gasteiger partial charge in [-0.3, -0.25) is 4.79 Å². The molecule has 2 rings (SSSR count). The molecule has 4 unspecified atom stereocenters. The third-order valence-electron chi connectivity index (χ3n) is 4.01. The van der Waals surface area contributed by atoms with Crippen molar-refractivity contribution in [2.24, 2.45) is 17.8 Å². The molecule has 5 heteroatoms. The smallest absolute Gasteiger partial charge is 0.328 e. The van der Waals surface area contributed by atoms with Crippen LogP contribution >= 0.6 is 0 Å². The average Bonchev–Trinajstić information content (AvgIpc) is 2.98. The molecule has 0 aromatic rings. The van der Waals surface area contributed by atoms with Crippen LogP contribution in [0.25, 0.3) is 0 Å². The maximum Gasteiger partial charge on any atom is 0.328 e. The summed E-state index contributed by atoms with van der Waals surface area (Å²) in [4.78, 5) is 22.8. The van der Waals surface area contributed by atoms with Crippen molar-refractivity contribution < 1.29 is 19.8 Å². The highest BCUT2D eigenvalue weighted by Gasteiger charge is 2.55. The molecule has 0 radical (unpaired) electrons. The number of aliphatic hydroxyl groups excluding tert-OH is 1. The number of carboxylic acids is 1. The number of hydrogen-bond acceptors (Lipinski definition) is 3. The van der Waals surface area contributed by atoms with Crippen LogP contribution in [0.2, 0.25) is 0 Å². The third-order valence-corrected chi connectivity index (χ3v) is 4.01. The molecule has 0 aromatic heterocycles. The molecule has 2 fully saturated rings. The summed E-state index contributed by atoms with van der Waals surface area (Å²) in [6.07, 6.45) is 3.43. The molecule has 2 aliphatic carbocycles. The maximum absolute atomic E-state index is 11.9. The highest BCUT2D eigenvalue weighted by atomic mass is 16.4. The first-order chi connectivity index (χ1) is 8.02. The molecule has 3 N–H and O–H groups in total. The molecule has 1 amide bonds. The van der Waals surface area contributed by atoms with Crippen molar-refractivity contribution in [2.45, 2.75) is 44.8 Å². The van der Waals surface area contributed by atoms with E-state index in [1.54, 1.807) is 0 Å². The Morgan fingerprint density at radius 1 is 1.24 bits per heavy atom. The Morgan fingerprint density at radius 2 is 1.76 bits per heavy atom. The van der Waals surface area contributed by atoms with Gasteiger partial charge in [-0.25, -0.2) is 4.79 Å². The number of carbonyl (C=O) groups is 2. The molecule has 5 nitrogen and oxygen atoms in total. The van der Waals surface area contributed by atoms with Crippen LogP contribution in [0.3, 0.4) is 0 Å². The molecule has 0 aliphatic heterocycles. The molecule has 2 aliphatic rings. The standard InChI is InChI=1S/C12H19NO4/c1-6(14)10(12(16)17)13-11(15)9-7-4-2-3-5-8(7)9/h6-10,14H,2-5H2,1H3,(H,13,15)(H,16,17). The van der Waals surface area contributed by atoms with Crippen LogP contribution in [0.4, 0.5) is 0 Å². The minimum Gasteiger partial charge on any atom is -0.480 e. The average molecular weight is 241 g/mol. The zero-order valence-electron chi connectivity index (χ0n) is 9.93. The topological polar surface area (TPSA) is 86.6 Å². The van der Waals surface area contributed by atoms with Crippen LogP contribution in [0.1, 0.15) is 32.6 Å². The van der Waals surface area contributed by atoms with E-state index in [-0.39, 0.29) is 11.8 Å².